The van der Waals surface area contributed by atoms with Gasteiger partial charge in [-0.2, -0.15) is 0 Å². The molecule has 1 fully saturated rings. The third-order valence-corrected chi connectivity index (χ3v) is 2.06. The SMILES string of the molecule is CC1CCCCN1N([O-])N=O. The summed E-state index contributed by atoms with van der Waals surface area (Å²) in [6, 6.07) is 0.152. The summed E-state index contributed by atoms with van der Waals surface area (Å²) in [6.45, 7) is 2.58. The molecule has 0 aromatic rings. The van der Waals surface area contributed by atoms with E-state index in [2.05, 4.69) is 5.29 Å². The molecule has 0 amide bonds. The number of nitrogens with zero attached hydrogens (tertiary/aromatic N) is 3. The second kappa shape index (κ2) is 3.64. The van der Waals surface area contributed by atoms with Crippen LogP contribution in [-0.2, 0) is 0 Å². The molecule has 1 aliphatic heterocycles. The molecule has 0 saturated carbocycles. The highest BCUT2D eigenvalue weighted by Crippen LogP contribution is 2.17. The van der Waals surface area contributed by atoms with Gasteiger partial charge in [0.25, 0.3) is 0 Å². The molecule has 1 rings (SSSR count). The smallest absolute Gasteiger partial charge is 0.0579 e. The van der Waals surface area contributed by atoms with E-state index in [1.807, 2.05) is 6.92 Å². The molecule has 1 saturated heterocycles. The lowest BCUT2D eigenvalue weighted by Crippen LogP contribution is -2.44. The monoisotopic (exact) mass is 158 g/mol. The van der Waals surface area contributed by atoms with Gasteiger partial charge in [-0.25, -0.2) is 5.01 Å². The highest BCUT2D eigenvalue weighted by atomic mass is 16.6. The van der Waals surface area contributed by atoms with E-state index >= 15 is 0 Å². The van der Waals surface area contributed by atoms with Gasteiger partial charge in [-0.1, -0.05) is 6.42 Å². The maximum Gasteiger partial charge on any atom is 0.0579 e. The molecule has 0 aromatic carbocycles. The maximum atomic E-state index is 10.7. The summed E-state index contributed by atoms with van der Waals surface area (Å²) >= 11 is 0. The number of rotatable bonds is 2. The quantitative estimate of drug-likeness (QED) is 0.448. The van der Waals surface area contributed by atoms with Gasteiger partial charge >= 0.3 is 0 Å². The van der Waals surface area contributed by atoms with Crippen molar-refractivity contribution in [3.63, 3.8) is 0 Å². The van der Waals surface area contributed by atoms with Crippen molar-refractivity contribution in [3.05, 3.63) is 10.1 Å². The standard InChI is InChI=1S/C6H12N3O2/c1-6-4-2-3-5-8(6)9(11)7-10/h6H,2-5H2,1H3/q-1. The minimum Gasteiger partial charge on any atom is -0.724 e. The number of nitroso groups, excluding NO2 is 1. The molecule has 0 radical (unpaired) electrons. The first kappa shape index (κ1) is 8.42. The highest BCUT2D eigenvalue weighted by molar-refractivity contribution is 4.70. The van der Waals surface area contributed by atoms with Crippen molar-refractivity contribution in [2.75, 3.05) is 6.54 Å². The van der Waals surface area contributed by atoms with Gasteiger partial charge in [-0.05, 0) is 19.8 Å². The molecular weight excluding hydrogens is 146 g/mol. The van der Waals surface area contributed by atoms with Crippen molar-refractivity contribution in [2.24, 2.45) is 5.29 Å². The Morgan fingerprint density at radius 3 is 2.91 bits per heavy atom. The fourth-order valence-corrected chi connectivity index (χ4v) is 1.38. The Balaban J connectivity index is 2.46. The van der Waals surface area contributed by atoms with Crippen LogP contribution in [0.15, 0.2) is 5.29 Å². The minimum absolute atomic E-state index is 0.152. The lowest BCUT2D eigenvalue weighted by molar-refractivity contribution is -0.0347. The van der Waals surface area contributed by atoms with Gasteiger partial charge in [-0.15, -0.1) is 4.91 Å². The Morgan fingerprint density at radius 2 is 2.36 bits per heavy atom. The maximum absolute atomic E-state index is 10.7. The Kier molecular flexibility index (Phi) is 2.78. The lowest BCUT2D eigenvalue weighted by atomic mass is 10.1. The summed E-state index contributed by atoms with van der Waals surface area (Å²) in [6.07, 6.45) is 3.07. The lowest BCUT2D eigenvalue weighted by Gasteiger charge is -2.41. The average Bonchev–Trinajstić information content (AvgIpc) is 2.04. The number of hydrazine groups is 1. The van der Waals surface area contributed by atoms with E-state index in [0.29, 0.717) is 6.54 Å². The molecule has 0 spiro atoms. The van der Waals surface area contributed by atoms with E-state index in [4.69, 9.17) is 0 Å². The summed E-state index contributed by atoms with van der Waals surface area (Å²) in [4.78, 5) is 9.87. The molecule has 0 bridgehead atoms. The van der Waals surface area contributed by atoms with Gasteiger partial charge < -0.3 is 5.21 Å². The topological polar surface area (TPSA) is 59.0 Å². The Bertz CT molecular complexity index is 142. The van der Waals surface area contributed by atoms with Crippen LogP contribution in [0, 0.1) is 10.1 Å². The van der Waals surface area contributed by atoms with Crippen molar-refractivity contribution in [1.29, 1.82) is 0 Å². The Morgan fingerprint density at radius 1 is 1.64 bits per heavy atom. The summed E-state index contributed by atoms with van der Waals surface area (Å²) in [7, 11) is 0. The van der Waals surface area contributed by atoms with Crippen LogP contribution in [0.5, 0.6) is 0 Å². The second-order valence-corrected chi connectivity index (χ2v) is 2.84. The van der Waals surface area contributed by atoms with Crippen LogP contribution in [0.1, 0.15) is 26.2 Å². The summed E-state index contributed by atoms with van der Waals surface area (Å²) in [5.74, 6) is 0. The summed E-state index contributed by atoms with van der Waals surface area (Å²) < 4.78 is 0. The van der Waals surface area contributed by atoms with E-state index in [1.54, 1.807) is 0 Å². The van der Waals surface area contributed by atoms with Gasteiger partial charge in [0.1, 0.15) is 0 Å². The molecule has 0 aromatic heterocycles. The first-order valence-corrected chi connectivity index (χ1v) is 3.83. The number of hydrogen-bond donors (Lipinski definition) is 0. The molecule has 1 unspecified atom stereocenters. The van der Waals surface area contributed by atoms with Crippen LogP contribution < -0.4 is 0 Å². The number of piperidine rings is 1. The molecular formula is C6H12N3O2-. The van der Waals surface area contributed by atoms with Crippen LogP contribution in [0.2, 0.25) is 0 Å². The van der Waals surface area contributed by atoms with Gasteiger partial charge in [0.05, 0.1) is 5.29 Å². The first-order valence-electron chi connectivity index (χ1n) is 3.83. The average molecular weight is 158 g/mol. The van der Waals surface area contributed by atoms with Gasteiger partial charge in [0.2, 0.25) is 0 Å². The van der Waals surface area contributed by atoms with Crippen LogP contribution in [0.4, 0.5) is 0 Å². The Hall–Kier alpha value is -0.680. The van der Waals surface area contributed by atoms with Crippen molar-refractivity contribution >= 4 is 0 Å². The zero-order chi connectivity index (χ0) is 8.27. The zero-order valence-electron chi connectivity index (χ0n) is 6.56. The predicted molar refractivity (Wildman–Crippen MR) is 41.0 cm³/mol. The summed E-state index contributed by atoms with van der Waals surface area (Å²) in [5, 5.41) is 14.7. The molecule has 5 nitrogen and oxygen atoms in total. The first-order chi connectivity index (χ1) is 5.25. The molecule has 1 aliphatic rings. The van der Waals surface area contributed by atoms with E-state index < -0.39 is 0 Å². The normalized spacial score (nSPS) is 26.5. The zero-order valence-corrected chi connectivity index (χ0v) is 6.56. The van der Waals surface area contributed by atoms with Gasteiger partial charge in [0, 0.05) is 12.6 Å². The van der Waals surface area contributed by atoms with Crippen LogP contribution in [-0.4, -0.2) is 22.9 Å². The van der Waals surface area contributed by atoms with E-state index in [1.165, 1.54) is 5.01 Å². The molecule has 0 aliphatic carbocycles. The summed E-state index contributed by atoms with van der Waals surface area (Å²) in [5.41, 5.74) is 0. The van der Waals surface area contributed by atoms with Crippen molar-refractivity contribution in [3.8, 4) is 0 Å². The van der Waals surface area contributed by atoms with E-state index in [0.717, 1.165) is 19.3 Å². The fraction of sp³-hybridized carbons (Fsp3) is 1.00. The van der Waals surface area contributed by atoms with Crippen molar-refractivity contribution in [1.82, 2.24) is 10.3 Å². The largest absolute Gasteiger partial charge is 0.724 e. The molecule has 64 valence electrons. The fourth-order valence-electron chi connectivity index (χ4n) is 1.38. The third kappa shape index (κ3) is 1.87. The minimum atomic E-state index is 0.152. The predicted octanol–water partition coefficient (Wildman–Crippen LogP) is 1.26. The molecule has 1 atom stereocenters. The molecule has 1 heterocycles. The highest BCUT2D eigenvalue weighted by Gasteiger charge is 2.19. The number of hydrogen-bond acceptors (Lipinski definition) is 4. The van der Waals surface area contributed by atoms with Crippen molar-refractivity contribution in [2.45, 2.75) is 32.2 Å². The van der Waals surface area contributed by atoms with Crippen LogP contribution in [0.3, 0.4) is 0 Å². The van der Waals surface area contributed by atoms with E-state index in [-0.39, 0.29) is 11.3 Å². The van der Waals surface area contributed by atoms with Crippen LogP contribution in [0.25, 0.3) is 0 Å². The molecule has 0 N–H and O–H groups in total. The van der Waals surface area contributed by atoms with Gasteiger partial charge in [-0.3, -0.25) is 5.28 Å². The van der Waals surface area contributed by atoms with Crippen molar-refractivity contribution < 1.29 is 0 Å². The van der Waals surface area contributed by atoms with E-state index in [9.17, 15) is 10.1 Å². The van der Waals surface area contributed by atoms with Gasteiger partial charge in [0.15, 0.2) is 0 Å². The Labute approximate surface area is 65.5 Å². The molecule has 11 heavy (non-hydrogen) atoms. The third-order valence-electron chi connectivity index (χ3n) is 2.06. The second-order valence-electron chi connectivity index (χ2n) is 2.84. The van der Waals surface area contributed by atoms with Crippen LogP contribution >= 0.6 is 0 Å². The molecule has 5 heteroatoms.